The molecule has 20 heavy (non-hydrogen) atoms. The van der Waals surface area contributed by atoms with Gasteiger partial charge in [0.25, 0.3) is 5.69 Å². The highest BCUT2D eigenvalue weighted by Crippen LogP contribution is 2.27. The van der Waals surface area contributed by atoms with Crippen LogP contribution in [0, 0.1) is 17.0 Å². The molecule has 0 bridgehead atoms. The van der Waals surface area contributed by atoms with Crippen molar-refractivity contribution in [2.24, 2.45) is 5.73 Å². The maximum atomic E-state index is 10.8. The lowest BCUT2D eigenvalue weighted by Gasteiger charge is -2.04. The van der Waals surface area contributed by atoms with Gasteiger partial charge in [-0.1, -0.05) is 18.1 Å². The van der Waals surface area contributed by atoms with Crippen molar-refractivity contribution in [1.82, 2.24) is 10.1 Å². The summed E-state index contributed by atoms with van der Waals surface area (Å²) in [6.07, 6.45) is 0.798. The Hall–Kier alpha value is -2.28. The molecule has 106 valence electrons. The van der Waals surface area contributed by atoms with Crippen LogP contribution in [0.25, 0.3) is 11.4 Å². The van der Waals surface area contributed by atoms with Gasteiger partial charge in [-0.15, -0.1) is 0 Å². The lowest BCUT2D eigenvalue weighted by atomic mass is 10.1. The summed E-state index contributed by atoms with van der Waals surface area (Å²) in [6, 6.07) is 4.58. The fourth-order valence-electron chi connectivity index (χ4n) is 1.92. The molecule has 0 aliphatic heterocycles. The van der Waals surface area contributed by atoms with Crippen molar-refractivity contribution in [2.75, 3.05) is 6.54 Å². The highest BCUT2D eigenvalue weighted by molar-refractivity contribution is 5.63. The second-order valence-electron chi connectivity index (χ2n) is 4.55. The van der Waals surface area contributed by atoms with Gasteiger partial charge in [0.15, 0.2) is 0 Å². The highest BCUT2D eigenvalue weighted by Gasteiger charge is 2.19. The number of aromatic nitrogens is 2. The number of benzene rings is 1. The predicted octanol–water partition coefficient (Wildman–Crippen LogP) is 2.41. The van der Waals surface area contributed by atoms with E-state index in [-0.39, 0.29) is 11.6 Å². The minimum absolute atomic E-state index is 0.00261. The van der Waals surface area contributed by atoms with Gasteiger partial charge in [0.05, 0.1) is 10.8 Å². The molecule has 1 atom stereocenters. The molecular formula is C13H16N4O3. The van der Waals surface area contributed by atoms with Gasteiger partial charge in [0.1, 0.15) is 0 Å². The Bertz CT molecular complexity index is 620. The van der Waals surface area contributed by atoms with Gasteiger partial charge >= 0.3 is 0 Å². The molecule has 2 rings (SSSR count). The molecule has 1 unspecified atom stereocenters. The van der Waals surface area contributed by atoms with Gasteiger partial charge in [-0.2, -0.15) is 4.98 Å². The van der Waals surface area contributed by atoms with Crippen molar-refractivity contribution in [3.05, 3.63) is 39.8 Å². The minimum Gasteiger partial charge on any atom is -0.339 e. The lowest BCUT2D eigenvalue weighted by Crippen LogP contribution is -2.11. The van der Waals surface area contributed by atoms with E-state index in [0.29, 0.717) is 23.8 Å². The smallest absolute Gasteiger partial charge is 0.270 e. The maximum absolute atomic E-state index is 10.8. The van der Waals surface area contributed by atoms with Crippen LogP contribution in [0.5, 0.6) is 0 Å². The molecule has 2 aromatic rings. The van der Waals surface area contributed by atoms with E-state index < -0.39 is 4.92 Å². The molecule has 0 fully saturated rings. The molecule has 1 aromatic carbocycles. The first-order chi connectivity index (χ1) is 9.56. The van der Waals surface area contributed by atoms with E-state index in [0.717, 1.165) is 12.0 Å². The zero-order valence-corrected chi connectivity index (χ0v) is 11.4. The molecular weight excluding hydrogens is 260 g/mol. The van der Waals surface area contributed by atoms with Gasteiger partial charge in [-0.3, -0.25) is 10.1 Å². The first-order valence-electron chi connectivity index (χ1n) is 6.35. The molecule has 0 spiro atoms. The second kappa shape index (κ2) is 5.79. The molecule has 0 amide bonds. The number of rotatable bonds is 5. The standard InChI is InChI=1S/C13H16N4O3/c1-3-9(7-14)13-15-12(16-20-13)11-6-10(17(18)19)5-4-8(11)2/h4-6,9H,3,7,14H2,1-2H3. The first-order valence-corrected chi connectivity index (χ1v) is 6.35. The molecule has 7 nitrogen and oxygen atoms in total. The van der Waals surface area contributed by atoms with Gasteiger partial charge in [-0.05, 0) is 18.9 Å². The summed E-state index contributed by atoms with van der Waals surface area (Å²) in [5.41, 5.74) is 7.09. The van der Waals surface area contributed by atoms with E-state index >= 15 is 0 Å². The van der Waals surface area contributed by atoms with Gasteiger partial charge in [-0.25, -0.2) is 0 Å². The molecule has 0 saturated carbocycles. The van der Waals surface area contributed by atoms with Crippen LogP contribution in [-0.2, 0) is 0 Å². The quantitative estimate of drug-likeness (QED) is 0.663. The monoisotopic (exact) mass is 276 g/mol. The molecule has 0 aliphatic rings. The topological polar surface area (TPSA) is 108 Å². The zero-order valence-electron chi connectivity index (χ0n) is 11.4. The van der Waals surface area contributed by atoms with E-state index in [1.165, 1.54) is 12.1 Å². The number of nitro benzene ring substituents is 1. The van der Waals surface area contributed by atoms with E-state index in [1.807, 2.05) is 13.8 Å². The Kier molecular flexibility index (Phi) is 4.09. The lowest BCUT2D eigenvalue weighted by molar-refractivity contribution is -0.384. The minimum atomic E-state index is -0.446. The van der Waals surface area contributed by atoms with Crippen LogP contribution < -0.4 is 5.73 Å². The Morgan fingerprint density at radius 1 is 1.50 bits per heavy atom. The van der Waals surface area contributed by atoms with Crippen molar-refractivity contribution in [3.8, 4) is 11.4 Å². The normalized spacial score (nSPS) is 12.3. The number of non-ortho nitro benzene ring substituents is 1. The van der Waals surface area contributed by atoms with Crippen molar-refractivity contribution in [1.29, 1.82) is 0 Å². The van der Waals surface area contributed by atoms with E-state index in [2.05, 4.69) is 10.1 Å². The Morgan fingerprint density at radius 2 is 2.25 bits per heavy atom. The molecule has 0 aliphatic carbocycles. The summed E-state index contributed by atoms with van der Waals surface area (Å²) in [7, 11) is 0. The zero-order chi connectivity index (χ0) is 14.7. The Balaban J connectivity index is 2.41. The summed E-state index contributed by atoms with van der Waals surface area (Å²) < 4.78 is 5.21. The second-order valence-corrected chi connectivity index (χ2v) is 4.55. The van der Waals surface area contributed by atoms with Gasteiger partial charge < -0.3 is 10.3 Å². The first kappa shape index (κ1) is 14.1. The van der Waals surface area contributed by atoms with Gasteiger partial charge in [0.2, 0.25) is 11.7 Å². The largest absolute Gasteiger partial charge is 0.339 e. The van der Waals surface area contributed by atoms with Crippen molar-refractivity contribution >= 4 is 5.69 Å². The number of aryl methyl sites for hydroxylation is 1. The van der Waals surface area contributed by atoms with Gasteiger partial charge in [0, 0.05) is 24.2 Å². The average molecular weight is 276 g/mol. The fraction of sp³-hybridized carbons (Fsp3) is 0.385. The molecule has 0 radical (unpaired) electrons. The van der Waals surface area contributed by atoms with Crippen LogP contribution in [-0.4, -0.2) is 21.6 Å². The Labute approximate surface area is 115 Å². The third-order valence-corrected chi connectivity index (χ3v) is 3.24. The molecule has 2 N–H and O–H groups in total. The predicted molar refractivity (Wildman–Crippen MR) is 73.2 cm³/mol. The summed E-state index contributed by atoms with van der Waals surface area (Å²) in [4.78, 5) is 14.7. The van der Waals surface area contributed by atoms with E-state index in [9.17, 15) is 10.1 Å². The van der Waals surface area contributed by atoms with Crippen LogP contribution in [0.4, 0.5) is 5.69 Å². The molecule has 0 saturated heterocycles. The van der Waals surface area contributed by atoms with Crippen LogP contribution in [0.3, 0.4) is 0 Å². The number of nitrogens with two attached hydrogens (primary N) is 1. The summed E-state index contributed by atoms with van der Waals surface area (Å²) >= 11 is 0. The summed E-state index contributed by atoms with van der Waals surface area (Å²) in [5.74, 6) is 0.833. The van der Waals surface area contributed by atoms with Crippen molar-refractivity contribution in [2.45, 2.75) is 26.2 Å². The third kappa shape index (κ3) is 2.67. The number of hydrogen-bond acceptors (Lipinski definition) is 6. The number of nitro groups is 1. The van der Waals surface area contributed by atoms with Crippen molar-refractivity contribution < 1.29 is 9.45 Å². The SMILES string of the molecule is CCC(CN)c1nc(-c2cc([N+](=O)[O-])ccc2C)no1. The van der Waals surface area contributed by atoms with Crippen LogP contribution in [0.2, 0.25) is 0 Å². The molecule has 7 heteroatoms. The molecule has 1 aromatic heterocycles. The Morgan fingerprint density at radius 3 is 2.85 bits per heavy atom. The van der Waals surface area contributed by atoms with Crippen LogP contribution in [0.15, 0.2) is 22.7 Å². The number of nitrogens with zero attached hydrogens (tertiary/aromatic N) is 3. The highest BCUT2D eigenvalue weighted by atomic mass is 16.6. The number of hydrogen-bond donors (Lipinski definition) is 1. The summed E-state index contributed by atoms with van der Waals surface area (Å²) in [5, 5.41) is 14.7. The maximum Gasteiger partial charge on any atom is 0.270 e. The molecule has 1 heterocycles. The van der Waals surface area contributed by atoms with Crippen molar-refractivity contribution in [3.63, 3.8) is 0 Å². The van der Waals surface area contributed by atoms with Crippen LogP contribution >= 0.6 is 0 Å². The third-order valence-electron chi connectivity index (χ3n) is 3.24. The average Bonchev–Trinajstić information content (AvgIpc) is 2.90. The fourth-order valence-corrected chi connectivity index (χ4v) is 1.92. The van der Waals surface area contributed by atoms with E-state index in [1.54, 1.807) is 6.07 Å². The van der Waals surface area contributed by atoms with E-state index in [4.69, 9.17) is 10.3 Å². The van der Waals surface area contributed by atoms with Crippen LogP contribution in [0.1, 0.15) is 30.7 Å². The summed E-state index contributed by atoms with van der Waals surface area (Å²) in [6.45, 7) is 4.25.